The molecule has 0 aromatic heterocycles. The topological polar surface area (TPSA) is 72.8 Å². The first kappa shape index (κ1) is 46.8. The molecule has 0 heterocycles. The number of aliphatic hydroxyl groups excluding tert-OH is 1. The molecule has 5 nitrogen and oxygen atoms in total. The predicted octanol–water partition coefficient (Wildman–Crippen LogP) is 12.5. The number of unbranched alkanes of at least 4 members (excludes halogenated alkanes) is 10. The lowest BCUT2D eigenvalue weighted by atomic mass is 10.1. The van der Waals surface area contributed by atoms with Gasteiger partial charge in [-0.1, -0.05) is 143 Å². The maximum absolute atomic E-state index is 12.2. The standard InChI is InChI=1S/C45H72O5/c1-3-5-7-9-11-13-15-17-19-21-22-24-26-28-30-32-34-36-38-40-45(48)50-43(41-46)42-49-44(47)39-37-35-33-31-29-27-25-23-20-18-16-14-12-10-8-6-4-2/h11-14,17-20,22,24-25,27-28,30-31,33,43,46H,3-10,15-16,21,23,26,29,32,34-42H2,1-2H3/b13-11+,14-12+,19-17+,20-18+,24-22+,27-25+,30-28+,33-31+/t43-/m0/s1. The van der Waals surface area contributed by atoms with Crippen LogP contribution in [0.4, 0.5) is 0 Å². The molecule has 0 saturated heterocycles. The van der Waals surface area contributed by atoms with E-state index in [0.717, 1.165) is 70.6 Å². The summed E-state index contributed by atoms with van der Waals surface area (Å²) in [5.41, 5.74) is 0. The molecule has 0 rings (SSSR count). The van der Waals surface area contributed by atoms with Crippen molar-refractivity contribution < 1.29 is 24.2 Å². The van der Waals surface area contributed by atoms with Crippen LogP contribution < -0.4 is 0 Å². The molecule has 0 unspecified atom stereocenters. The van der Waals surface area contributed by atoms with E-state index < -0.39 is 6.10 Å². The van der Waals surface area contributed by atoms with Crippen LogP contribution in [-0.4, -0.2) is 36.4 Å². The first-order chi connectivity index (χ1) is 24.6. The van der Waals surface area contributed by atoms with Gasteiger partial charge in [0.05, 0.1) is 6.61 Å². The molecule has 50 heavy (non-hydrogen) atoms. The van der Waals surface area contributed by atoms with Gasteiger partial charge < -0.3 is 14.6 Å². The molecule has 0 aliphatic rings. The summed E-state index contributed by atoms with van der Waals surface area (Å²) in [6.07, 6.45) is 56.1. The number of ether oxygens (including phenoxy) is 2. The molecular formula is C45H72O5. The monoisotopic (exact) mass is 693 g/mol. The van der Waals surface area contributed by atoms with E-state index >= 15 is 0 Å². The number of rotatable bonds is 34. The minimum Gasteiger partial charge on any atom is -0.462 e. The van der Waals surface area contributed by atoms with Gasteiger partial charge in [-0.15, -0.1) is 0 Å². The first-order valence-corrected chi connectivity index (χ1v) is 19.8. The number of aliphatic hydroxyl groups is 1. The molecule has 0 spiro atoms. The zero-order chi connectivity index (χ0) is 36.4. The minimum absolute atomic E-state index is 0.114. The molecule has 0 aromatic rings. The Morgan fingerprint density at radius 1 is 0.460 bits per heavy atom. The number of esters is 2. The lowest BCUT2D eigenvalue weighted by Crippen LogP contribution is -2.28. The Balaban J connectivity index is 3.76. The van der Waals surface area contributed by atoms with E-state index in [0.29, 0.717) is 19.3 Å². The van der Waals surface area contributed by atoms with E-state index in [-0.39, 0.29) is 25.2 Å². The molecule has 0 aliphatic carbocycles. The van der Waals surface area contributed by atoms with Gasteiger partial charge in [0.15, 0.2) is 6.10 Å². The van der Waals surface area contributed by atoms with Gasteiger partial charge in [-0.05, 0) is 96.3 Å². The van der Waals surface area contributed by atoms with Crippen LogP contribution in [0.3, 0.4) is 0 Å². The SMILES string of the molecule is CCCCC/C=C/C/C=C/C/C=C/C/C=C/CCCCCC(=O)O[C@@H](CO)COC(=O)CCC/C=C/C/C=C/C/C=C/C/C=C/CCCCC. The molecule has 0 aromatic carbocycles. The van der Waals surface area contributed by atoms with Crippen LogP contribution in [0.5, 0.6) is 0 Å². The van der Waals surface area contributed by atoms with E-state index in [9.17, 15) is 14.7 Å². The Morgan fingerprint density at radius 2 is 0.820 bits per heavy atom. The van der Waals surface area contributed by atoms with Crippen molar-refractivity contribution >= 4 is 11.9 Å². The van der Waals surface area contributed by atoms with Crippen LogP contribution in [0.2, 0.25) is 0 Å². The van der Waals surface area contributed by atoms with Crippen molar-refractivity contribution in [3.8, 4) is 0 Å². The van der Waals surface area contributed by atoms with E-state index in [4.69, 9.17) is 9.47 Å². The Hall–Kier alpha value is -3.18. The molecule has 0 saturated carbocycles. The maximum Gasteiger partial charge on any atom is 0.306 e. The molecule has 0 amide bonds. The van der Waals surface area contributed by atoms with E-state index in [2.05, 4.69) is 111 Å². The molecule has 1 N–H and O–H groups in total. The summed E-state index contributed by atoms with van der Waals surface area (Å²) < 4.78 is 10.5. The predicted molar refractivity (Wildman–Crippen MR) is 214 cm³/mol. The van der Waals surface area contributed by atoms with Crippen LogP contribution >= 0.6 is 0 Å². The molecule has 5 heteroatoms. The summed E-state index contributed by atoms with van der Waals surface area (Å²) in [5.74, 6) is -0.703. The highest BCUT2D eigenvalue weighted by Crippen LogP contribution is 2.08. The lowest BCUT2D eigenvalue weighted by Gasteiger charge is -2.15. The van der Waals surface area contributed by atoms with Crippen molar-refractivity contribution in [2.24, 2.45) is 0 Å². The van der Waals surface area contributed by atoms with Gasteiger partial charge in [-0.25, -0.2) is 0 Å². The Kier molecular flexibility index (Phi) is 37.7. The van der Waals surface area contributed by atoms with E-state index in [1.54, 1.807) is 0 Å². The van der Waals surface area contributed by atoms with Crippen molar-refractivity contribution in [2.75, 3.05) is 13.2 Å². The fourth-order valence-electron chi connectivity index (χ4n) is 4.82. The quantitative estimate of drug-likeness (QED) is 0.0413. The number of allylic oxidation sites excluding steroid dienone is 16. The van der Waals surface area contributed by atoms with Crippen LogP contribution in [0.25, 0.3) is 0 Å². The van der Waals surface area contributed by atoms with Crippen molar-refractivity contribution in [3.05, 3.63) is 97.2 Å². The lowest BCUT2D eigenvalue weighted by molar-refractivity contribution is -0.161. The van der Waals surface area contributed by atoms with Gasteiger partial charge >= 0.3 is 11.9 Å². The van der Waals surface area contributed by atoms with Crippen LogP contribution in [0.15, 0.2) is 97.2 Å². The highest BCUT2D eigenvalue weighted by molar-refractivity contribution is 5.70. The molecule has 0 aliphatic heterocycles. The number of carbonyl (C=O) groups excluding carboxylic acids is 2. The van der Waals surface area contributed by atoms with Crippen molar-refractivity contribution in [3.63, 3.8) is 0 Å². The highest BCUT2D eigenvalue weighted by atomic mass is 16.6. The average molecular weight is 693 g/mol. The van der Waals surface area contributed by atoms with E-state index in [1.807, 2.05) is 0 Å². The largest absolute Gasteiger partial charge is 0.462 e. The molecule has 0 radical (unpaired) electrons. The van der Waals surface area contributed by atoms with Gasteiger partial charge in [0.25, 0.3) is 0 Å². The minimum atomic E-state index is -0.816. The Morgan fingerprint density at radius 3 is 1.22 bits per heavy atom. The van der Waals surface area contributed by atoms with Gasteiger partial charge in [-0.3, -0.25) is 9.59 Å². The smallest absolute Gasteiger partial charge is 0.306 e. The summed E-state index contributed by atoms with van der Waals surface area (Å²) in [4.78, 5) is 24.2. The van der Waals surface area contributed by atoms with Crippen molar-refractivity contribution in [1.29, 1.82) is 0 Å². The Bertz CT molecular complexity index is 1010. The summed E-state index contributed by atoms with van der Waals surface area (Å²) in [7, 11) is 0. The average Bonchev–Trinajstić information content (AvgIpc) is 3.12. The molecular weight excluding hydrogens is 620 g/mol. The number of carbonyl (C=O) groups is 2. The molecule has 0 bridgehead atoms. The summed E-state index contributed by atoms with van der Waals surface area (Å²) in [6.45, 7) is 3.98. The second-order valence-electron chi connectivity index (χ2n) is 12.6. The van der Waals surface area contributed by atoms with Crippen molar-refractivity contribution in [2.45, 2.75) is 161 Å². The van der Waals surface area contributed by atoms with Crippen LogP contribution in [-0.2, 0) is 19.1 Å². The normalized spacial score (nSPS) is 13.3. The Labute approximate surface area is 307 Å². The van der Waals surface area contributed by atoms with Gasteiger partial charge in [0.2, 0.25) is 0 Å². The third kappa shape index (κ3) is 37.6. The van der Waals surface area contributed by atoms with Crippen LogP contribution in [0, 0.1) is 0 Å². The maximum atomic E-state index is 12.2. The van der Waals surface area contributed by atoms with Gasteiger partial charge in [0, 0.05) is 12.8 Å². The zero-order valence-electron chi connectivity index (χ0n) is 31.9. The van der Waals surface area contributed by atoms with Crippen molar-refractivity contribution in [1.82, 2.24) is 0 Å². The zero-order valence-corrected chi connectivity index (χ0v) is 31.9. The fraction of sp³-hybridized carbons (Fsp3) is 0.600. The summed E-state index contributed by atoms with van der Waals surface area (Å²) in [5, 5.41) is 9.55. The molecule has 1 atom stereocenters. The van der Waals surface area contributed by atoms with E-state index in [1.165, 1.54) is 51.4 Å². The number of hydrogen-bond donors (Lipinski definition) is 1. The first-order valence-electron chi connectivity index (χ1n) is 19.8. The fourth-order valence-corrected chi connectivity index (χ4v) is 4.82. The third-order valence-corrected chi connectivity index (χ3v) is 7.85. The highest BCUT2D eigenvalue weighted by Gasteiger charge is 2.15. The third-order valence-electron chi connectivity index (χ3n) is 7.85. The number of hydrogen-bond acceptors (Lipinski definition) is 5. The molecule has 0 fully saturated rings. The second kappa shape index (κ2) is 40.3. The summed E-state index contributed by atoms with van der Waals surface area (Å²) >= 11 is 0. The van der Waals surface area contributed by atoms with Gasteiger partial charge in [-0.2, -0.15) is 0 Å². The van der Waals surface area contributed by atoms with Gasteiger partial charge in [0.1, 0.15) is 6.61 Å². The second-order valence-corrected chi connectivity index (χ2v) is 12.6. The van der Waals surface area contributed by atoms with Crippen LogP contribution in [0.1, 0.15) is 155 Å². The molecule has 282 valence electrons. The summed E-state index contributed by atoms with van der Waals surface area (Å²) in [6, 6.07) is 0.